The third-order valence-corrected chi connectivity index (χ3v) is 8.17. The minimum absolute atomic E-state index is 0.0912. The summed E-state index contributed by atoms with van der Waals surface area (Å²) in [6, 6.07) is 21.6. The maximum atomic E-state index is 12.1. The van der Waals surface area contributed by atoms with Gasteiger partial charge in [-0.15, -0.1) is 10.2 Å². The Morgan fingerprint density at radius 1 is 0.568 bits per heavy atom. The number of phenols is 1. The Morgan fingerprint density at radius 2 is 1.09 bits per heavy atom. The SMILES string of the molecule is Nc1ccc(N=Nc2ccc(-c3ccc(N=Nc4c(S(=O)(=O)O)cc5cc(S(=O)(=O)O)c(N)cc5c4O)cc3)cc2)c(N)c1. The van der Waals surface area contributed by atoms with E-state index < -0.39 is 47.2 Å². The van der Waals surface area contributed by atoms with Crippen molar-refractivity contribution in [3.05, 3.63) is 84.9 Å². The normalized spacial score (nSPS) is 12.4. The van der Waals surface area contributed by atoms with Crippen molar-refractivity contribution in [3.63, 3.8) is 0 Å². The van der Waals surface area contributed by atoms with E-state index in [9.17, 15) is 31.0 Å². The zero-order chi connectivity index (χ0) is 31.8. The van der Waals surface area contributed by atoms with Gasteiger partial charge in [0.1, 0.15) is 21.2 Å². The molecule has 0 heterocycles. The summed E-state index contributed by atoms with van der Waals surface area (Å²) in [5.41, 5.74) is 20.3. The molecule has 0 bridgehead atoms. The van der Waals surface area contributed by atoms with Crippen LogP contribution < -0.4 is 17.2 Å². The van der Waals surface area contributed by atoms with Crippen molar-refractivity contribution >= 4 is 70.8 Å². The van der Waals surface area contributed by atoms with E-state index in [1.54, 1.807) is 54.6 Å². The molecule has 0 unspecified atom stereocenters. The summed E-state index contributed by atoms with van der Waals surface area (Å²) < 4.78 is 66.6. The van der Waals surface area contributed by atoms with Gasteiger partial charge in [-0.25, -0.2) is 0 Å². The van der Waals surface area contributed by atoms with Crippen LogP contribution in [0, 0.1) is 0 Å². The lowest BCUT2D eigenvalue weighted by Gasteiger charge is -2.11. The molecule has 0 aliphatic carbocycles. The van der Waals surface area contributed by atoms with Crippen LogP contribution in [0.1, 0.15) is 0 Å². The van der Waals surface area contributed by atoms with Gasteiger partial charge in [0, 0.05) is 11.1 Å². The molecule has 0 spiro atoms. The zero-order valence-corrected chi connectivity index (χ0v) is 24.0. The molecule has 224 valence electrons. The monoisotopic (exact) mass is 633 g/mol. The van der Waals surface area contributed by atoms with E-state index in [2.05, 4.69) is 20.5 Å². The number of nitrogen functional groups attached to an aromatic ring is 3. The van der Waals surface area contributed by atoms with Crippen molar-refractivity contribution in [2.75, 3.05) is 17.2 Å². The molecule has 5 aromatic carbocycles. The molecule has 9 N–H and O–H groups in total. The molecule has 44 heavy (non-hydrogen) atoms. The molecule has 0 aromatic heterocycles. The van der Waals surface area contributed by atoms with Crippen molar-refractivity contribution < 1.29 is 31.0 Å². The van der Waals surface area contributed by atoms with E-state index in [0.717, 1.165) is 29.3 Å². The number of azo groups is 2. The fraction of sp³-hybridized carbons (Fsp3) is 0. The lowest BCUT2D eigenvalue weighted by molar-refractivity contribution is 0.472. The molecule has 16 heteroatoms. The van der Waals surface area contributed by atoms with Crippen LogP contribution >= 0.6 is 0 Å². The molecule has 14 nitrogen and oxygen atoms in total. The van der Waals surface area contributed by atoms with Crippen molar-refractivity contribution in [1.82, 2.24) is 0 Å². The average Bonchev–Trinajstić information content (AvgIpc) is 2.96. The number of fused-ring (bicyclic) bond motifs is 1. The van der Waals surface area contributed by atoms with Gasteiger partial charge in [-0.3, -0.25) is 9.11 Å². The van der Waals surface area contributed by atoms with Crippen LogP contribution in [0.2, 0.25) is 0 Å². The molecule has 0 aliphatic rings. The van der Waals surface area contributed by atoms with Gasteiger partial charge < -0.3 is 22.3 Å². The van der Waals surface area contributed by atoms with Gasteiger partial charge in [0.25, 0.3) is 20.2 Å². The zero-order valence-electron chi connectivity index (χ0n) is 22.4. The highest BCUT2D eigenvalue weighted by Crippen LogP contribution is 2.43. The molecule has 0 atom stereocenters. The van der Waals surface area contributed by atoms with Gasteiger partial charge in [-0.05, 0) is 77.2 Å². The number of hydrogen-bond donors (Lipinski definition) is 6. The summed E-state index contributed by atoms with van der Waals surface area (Å²) in [6.07, 6.45) is 0. The van der Waals surface area contributed by atoms with Crippen LogP contribution in [0.4, 0.5) is 39.8 Å². The molecule has 0 fully saturated rings. The number of phenolic OH excluding ortho intramolecular Hbond substituents is 1. The van der Waals surface area contributed by atoms with Crippen molar-refractivity contribution in [2.24, 2.45) is 20.5 Å². The molecule has 0 radical (unpaired) electrons. The predicted molar refractivity (Wildman–Crippen MR) is 165 cm³/mol. The Kier molecular flexibility index (Phi) is 7.75. The Labute approximate surface area is 250 Å². The molecule has 0 saturated heterocycles. The van der Waals surface area contributed by atoms with Crippen molar-refractivity contribution in [3.8, 4) is 16.9 Å². The molecule has 5 rings (SSSR count). The van der Waals surface area contributed by atoms with Crippen LogP contribution in [-0.2, 0) is 20.2 Å². The smallest absolute Gasteiger partial charge is 0.296 e. The number of benzene rings is 5. The summed E-state index contributed by atoms with van der Waals surface area (Å²) in [5, 5.41) is 26.7. The Hall–Kier alpha value is -5.42. The van der Waals surface area contributed by atoms with Gasteiger partial charge in [-0.1, -0.05) is 24.3 Å². The van der Waals surface area contributed by atoms with Gasteiger partial charge in [0.2, 0.25) is 0 Å². The van der Waals surface area contributed by atoms with E-state index in [-0.39, 0.29) is 16.5 Å². The second-order valence-electron chi connectivity index (χ2n) is 9.45. The van der Waals surface area contributed by atoms with Crippen LogP contribution in [0.15, 0.2) is 115 Å². The Balaban J connectivity index is 1.41. The number of nitrogens with two attached hydrogens (primary N) is 3. The van der Waals surface area contributed by atoms with E-state index in [1.807, 2.05) is 12.1 Å². The van der Waals surface area contributed by atoms with Crippen molar-refractivity contribution in [1.29, 1.82) is 0 Å². The summed E-state index contributed by atoms with van der Waals surface area (Å²) in [7, 11) is -9.72. The second kappa shape index (κ2) is 11.3. The first-order valence-corrected chi connectivity index (χ1v) is 15.3. The molecular weight excluding hydrogens is 610 g/mol. The van der Waals surface area contributed by atoms with Crippen LogP contribution in [-0.4, -0.2) is 31.0 Å². The third kappa shape index (κ3) is 6.32. The standard InChI is InChI=1S/C28H23N7O7S2/c29-18-5-10-24(22(30)13-18)34-32-19-6-1-15(2-7-19)16-3-8-20(9-4-16)33-35-27-26(44(40,41)42)12-17-11-25(43(37,38)39)23(31)14-21(17)28(27)36/h1-14,36H,29-31H2,(H,37,38,39)(H,40,41,42). The molecule has 0 aliphatic heterocycles. The lowest BCUT2D eigenvalue weighted by atomic mass is 10.1. The first-order valence-electron chi connectivity index (χ1n) is 12.4. The minimum atomic E-state index is -4.96. The van der Waals surface area contributed by atoms with Gasteiger partial charge in [0.15, 0.2) is 5.75 Å². The fourth-order valence-electron chi connectivity index (χ4n) is 4.23. The highest BCUT2D eigenvalue weighted by atomic mass is 32.2. The van der Waals surface area contributed by atoms with Crippen LogP contribution in [0.5, 0.6) is 5.75 Å². The quantitative estimate of drug-likeness (QED) is 0.0663. The number of nitrogens with zero attached hydrogens (tertiary/aromatic N) is 4. The maximum Gasteiger partial charge on any atom is 0.296 e. The molecule has 0 saturated carbocycles. The Bertz CT molecular complexity index is 2200. The number of aromatic hydroxyl groups is 1. The Morgan fingerprint density at radius 3 is 1.61 bits per heavy atom. The van der Waals surface area contributed by atoms with Gasteiger partial charge >= 0.3 is 0 Å². The largest absolute Gasteiger partial charge is 0.505 e. The first kappa shape index (κ1) is 30.1. The van der Waals surface area contributed by atoms with Crippen LogP contribution in [0.3, 0.4) is 0 Å². The second-order valence-corrected chi connectivity index (χ2v) is 12.2. The summed E-state index contributed by atoms with van der Waals surface area (Å²) in [4.78, 5) is -1.55. The topological polar surface area (TPSA) is 256 Å². The highest BCUT2D eigenvalue weighted by molar-refractivity contribution is 7.86. The van der Waals surface area contributed by atoms with E-state index >= 15 is 0 Å². The summed E-state index contributed by atoms with van der Waals surface area (Å²) in [6.45, 7) is 0. The molecule has 5 aromatic rings. The van der Waals surface area contributed by atoms with E-state index in [4.69, 9.17) is 17.2 Å². The molecule has 0 amide bonds. The number of anilines is 3. The highest BCUT2D eigenvalue weighted by Gasteiger charge is 2.24. The van der Waals surface area contributed by atoms with Gasteiger partial charge in [0.05, 0.1) is 22.7 Å². The maximum absolute atomic E-state index is 12.1. The third-order valence-electron chi connectivity index (χ3n) is 6.40. The minimum Gasteiger partial charge on any atom is -0.505 e. The number of rotatable bonds is 7. The van der Waals surface area contributed by atoms with E-state index in [0.29, 0.717) is 22.7 Å². The summed E-state index contributed by atoms with van der Waals surface area (Å²) in [5.74, 6) is -0.736. The summed E-state index contributed by atoms with van der Waals surface area (Å²) >= 11 is 0. The fourth-order valence-corrected chi connectivity index (χ4v) is 5.52. The first-order chi connectivity index (χ1) is 20.7. The number of hydrogen-bond acceptors (Lipinski definition) is 12. The van der Waals surface area contributed by atoms with Crippen LogP contribution in [0.25, 0.3) is 21.9 Å². The predicted octanol–water partition coefficient (Wildman–Crippen LogP) is 6.28. The van der Waals surface area contributed by atoms with Crippen molar-refractivity contribution in [2.45, 2.75) is 9.79 Å². The van der Waals surface area contributed by atoms with Gasteiger partial charge in [-0.2, -0.15) is 27.1 Å². The lowest BCUT2D eigenvalue weighted by Crippen LogP contribution is -2.04. The van der Waals surface area contributed by atoms with E-state index in [1.165, 1.54) is 0 Å². The average molecular weight is 634 g/mol. The molecular formula is C28H23N7O7S2.